The summed E-state index contributed by atoms with van der Waals surface area (Å²) in [7, 11) is 0. The van der Waals surface area contributed by atoms with Gasteiger partial charge in [-0.05, 0) is 42.8 Å². The van der Waals surface area contributed by atoms with Crippen molar-refractivity contribution in [3.8, 4) is 17.2 Å². The molecule has 0 aliphatic carbocycles. The van der Waals surface area contributed by atoms with Crippen molar-refractivity contribution in [1.82, 2.24) is 24.8 Å². The molecule has 0 unspecified atom stereocenters. The standard InChI is InChI=1S/C20H15ClN6O2S/c21-13-4-7-15(23-10-13)27-17(25-18-16(19(27)28)24-11-30-18)12-2-5-14(6-3-12)26-9-1-8-22-20(26)29/h2-7,10-11H,1,8-9H2,(H,22,29). The smallest absolute Gasteiger partial charge is 0.321 e. The molecule has 30 heavy (non-hydrogen) atoms. The van der Waals surface area contributed by atoms with Crippen molar-refractivity contribution in [1.29, 1.82) is 0 Å². The van der Waals surface area contributed by atoms with Crippen LogP contribution in [0.3, 0.4) is 0 Å². The third-order valence-corrected chi connectivity index (χ3v) is 5.77. The maximum Gasteiger partial charge on any atom is 0.321 e. The lowest BCUT2D eigenvalue weighted by molar-refractivity contribution is 0.243. The van der Waals surface area contributed by atoms with Gasteiger partial charge in [0, 0.05) is 30.5 Å². The molecular weight excluding hydrogens is 424 g/mol. The minimum absolute atomic E-state index is 0.111. The summed E-state index contributed by atoms with van der Waals surface area (Å²) in [5.74, 6) is 0.850. The second kappa shape index (κ2) is 7.51. The van der Waals surface area contributed by atoms with Gasteiger partial charge >= 0.3 is 6.03 Å². The van der Waals surface area contributed by atoms with Gasteiger partial charge in [-0.1, -0.05) is 11.6 Å². The Balaban J connectivity index is 1.64. The third kappa shape index (κ3) is 3.21. The first-order valence-corrected chi connectivity index (χ1v) is 10.5. The number of rotatable bonds is 3. The highest BCUT2D eigenvalue weighted by Crippen LogP contribution is 2.26. The highest BCUT2D eigenvalue weighted by molar-refractivity contribution is 7.16. The van der Waals surface area contributed by atoms with E-state index in [1.165, 1.54) is 22.1 Å². The van der Waals surface area contributed by atoms with Gasteiger partial charge in [0.1, 0.15) is 11.6 Å². The second-order valence-corrected chi connectivity index (χ2v) is 7.97. The molecule has 1 N–H and O–H groups in total. The maximum atomic E-state index is 13.2. The van der Waals surface area contributed by atoms with Gasteiger partial charge in [-0.3, -0.25) is 9.69 Å². The average Bonchev–Trinajstić information content (AvgIpc) is 3.24. The van der Waals surface area contributed by atoms with Gasteiger partial charge in [0.25, 0.3) is 5.56 Å². The van der Waals surface area contributed by atoms with Crippen molar-refractivity contribution >= 4 is 45.0 Å². The zero-order valence-corrected chi connectivity index (χ0v) is 17.2. The number of thiazole rings is 1. The zero-order valence-electron chi connectivity index (χ0n) is 15.6. The molecule has 3 aromatic heterocycles. The number of urea groups is 1. The average molecular weight is 439 g/mol. The molecule has 1 saturated heterocycles. The van der Waals surface area contributed by atoms with Crippen LogP contribution in [0.5, 0.6) is 0 Å². The Morgan fingerprint density at radius 2 is 1.90 bits per heavy atom. The predicted octanol–water partition coefficient (Wildman–Crippen LogP) is 3.48. The number of aromatic nitrogens is 4. The van der Waals surface area contributed by atoms with E-state index in [4.69, 9.17) is 11.6 Å². The number of hydrogen-bond donors (Lipinski definition) is 1. The van der Waals surface area contributed by atoms with E-state index < -0.39 is 0 Å². The lowest BCUT2D eigenvalue weighted by Gasteiger charge is -2.27. The largest absolute Gasteiger partial charge is 0.338 e. The molecule has 1 aliphatic rings. The normalized spacial score (nSPS) is 14.2. The van der Waals surface area contributed by atoms with Crippen LogP contribution in [-0.2, 0) is 0 Å². The van der Waals surface area contributed by atoms with E-state index in [1.54, 1.807) is 22.5 Å². The number of benzene rings is 1. The van der Waals surface area contributed by atoms with Gasteiger partial charge in [0.15, 0.2) is 10.3 Å². The van der Waals surface area contributed by atoms with E-state index in [0.29, 0.717) is 40.1 Å². The number of nitrogens with zero attached hydrogens (tertiary/aromatic N) is 5. The lowest BCUT2D eigenvalue weighted by Crippen LogP contribution is -2.46. The molecule has 0 saturated carbocycles. The van der Waals surface area contributed by atoms with E-state index in [2.05, 4.69) is 20.3 Å². The fraction of sp³-hybridized carbons (Fsp3) is 0.150. The minimum atomic E-state index is -0.300. The first-order chi connectivity index (χ1) is 14.6. The van der Waals surface area contributed by atoms with E-state index >= 15 is 0 Å². The first kappa shape index (κ1) is 18.7. The molecular formula is C20H15ClN6O2S. The molecule has 5 rings (SSSR count). The number of hydrogen-bond acceptors (Lipinski definition) is 6. The molecule has 2 amide bonds. The van der Waals surface area contributed by atoms with Gasteiger partial charge in [0.2, 0.25) is 0 Å². The zero-order chi connectivity index (χ0) is 20.7. The predicted molar refractivity (Wildman–Crippen MR) is 117 cm³/mol. The quantitative estimate of drug-likeness (QED) is 0.528. The van der Waals surface area contributed by atoms with Crippen LogP contribution in [-0.4, -0.2) is 38.6 Å². The van der Waals surface area contributed by atoms with E-state index in [-0.39, 0.29) is 11.6 Å². The molecule has 4 heterocycles. The summed E-state index contributed by atoms with van der Waals surface area (Å²) in [5, 5.41) is 3.31. The molecule has 0 atom stereocenters. The molecule has 8 nitrogen and oxygen atoms in total. The Hall–Kier alpha value is -3.30. The summed E-state index contributed by atoms with van der Waals surface area (Å²) < 4.78 is 1.43. The Labute approximate surface area is 179 Å². The van der Waals surface area contributed by atoms with Crippen molar-refractivity contribution in [3.05, 3.63) is 63.5 Å². The number of amides is 2. The lowest BCUT2D eigenvalue weighted by atomic mass is 10.1. The molecule has 1 aliphatic heterocycles. The van der Waals surface area contributed by atoms with Crippen LogP contribution in [0.1, 0.15) is 6.42 Å². The molecule has 4 aromatic rings. The number of carbonyl (C=O) groups is 1. The highest BCUT2D eigenvalue weighted by Gasteiger charge is 2.20. The van der Waals surface area contributed by atoms with Gasteiger partial charge in [-0.2, -0.15) is 0 Å². The topological polar surface area (TPSA) is 93.0 Å². The van der Waals surface area contributed by atoms with Crippen LogP contribution in [0, 0.1) is 0 Å². The van der Waals surface area contributed by atoms with Crippen molar-refractivity contribution in [2.75, 3.05) is 18.0 Å². The fourth-order valence-electron chi connectivity index (χ4n) is 3.39. The summed E-state index contributed by atoms with van der Waals surface area (Å²) in [6.07, 6.45) is 2.37. The van der Waals surface area contributed by atoms with Crippen molar-refractivity contribution in [2.24, 2.45) is 0 Å². The van der Waals surface area contributed by atoms with Crippen LogP contribution >= 0.6 is 22.9 Å². The Morgan fingerprint density at radius 3 is 2.63 bits per heavy atom. The van der Waals surface area contributed by atoms with Crippen LogP contribution in [0.2, 0.25) is 5.02 Å². The molecule has 10 heteroatoms. The maximum absolute atomic E-state index is 13.2. The second-order valence-electron chi connectivity index (χ2n) is 6.70. The van der Waals surface area contributed by atoms with Crippen LogP contribution in [0.15, 0.2) is 52.9 Å². The third-order valence-electron chi connectivity index (χ3n) is 4.83. The number of anilines is 1. The van der Waals surface area contributed by atoms with Gasteiger partial charge in [0.05, 0.1) is 10.5 Å². The minimum Gasteiger partial charge on any atom is -0.338 e. The summed E-state index contributed by atoms with van der Waals surface area (Å²) in [5.41, 5.74) is 3.10. The van der Waals surface area contributed by atoms with Crippen LogP contribution in [0.4, 0.5) is 10.5 Å². The van der Waals surface area contributed by atoms with E-state index in [0.717, 1.165) is 17.7 Å². The van der Waals surface area contributed by atoms with E-state index in [9.17, 15) is 9.59 Å². The van der Waals surface area contributed by atoms with E-state index in [1.807, 2.05) is 24.3 Å². The Morgan fingerprint density at radius 1 is 1.07 bits per heavy atom. The molecule has 0 radical (unpaired) electrons. The number of halogens is 1. The Kier molecular flexibility index (Phi) is 4.68. The SMILES string of the molecule is O=C1NCCCN1c1ccc(-c2nc3scnc3c(=O)n2-c2ccc(Cl)cn2)cc1. The number of carbonyl (C=O) groups excluding carboxylic acids is 1. The molecule has 1 fully saturated rings. The van der Waals surface area contributed by atoms with Crippen LogP contribution < -0.4 is 15.8 Å². The summed E-state index contributed by atoms with van der Waals surface area (Å²) in [4.78, 5) is 40.6. The van der Waals surface area contributed by atoms with Crippen molar-refractivity contribution < 1.29 is 4.79 Å². The summed E-state index contributed by atoms with van der Waals surface area (Å²) in [6, 6.07) is 10.6. The van der Waals surface area contributed by atoms with Crippen molar-refractivity contribution in [2.45, 2.75) is 6.42 Å². The molecule has 0 bridgehead atoms. The number of pyridine rings is 1. The van der Waals surface area contributed by atoms with Crippen LogP contribution in [0.25, 0.3) is 27.6 Å². The summed E-state index contributed by atoms with van der Waals surface area (Å²) in [6.45, 7) is 1.35. The van der Waals surface area contributed by atoms with Gasteiger partial charge in [-0.15, -0.1) is 11.3 Å². The summed E-state index contributed by atoms with van der Waals surface area (Å²) >= 11 is 7.27. The highest BCUT2D eigenvalue weighted by atomic mass is 35.5. The Bertz CT molecular complexity index is 1300. The fourth-order valence-corrected chi connectivity index (χ4v) is 4.15. The molecule has 1 aromatic carbocycles. The monoisotopic (exact) mass is 438 g/mol. The van der Waals surface area contributed by atoms with Crippen molar-refractivity contribution in [3.63, 3.8) is 0 Å². The number of nitrogens with one attached hydrogen (secondary N) is 1. The number of fused-ring (bicyclic) bond motifs is 1. The molecule has 150 valence electrons. The van der Waals surface area contributed by atoms with Gasteiger partial charge < -0.3 is 5.32 Å². The van der Waals surface area contributed by atoms with Gasteiger partial charge in [-0.25, -0.2) is 24.3 Å². The molecule has 0 spiro atoms. The first-order valence-electron chi connectivity index (χ1n) is 9.26.